The Labute approximate surface area is 96.7 Å². The van der Waals surface area contributed by atoms with Crippen molar-refractivity contribution in [1.29, 1.82) is 0 Å². The second-order valence-corrected chi connectivity index (χ2v) is 4.41. The van der Waals surface area contributed by atoms with E-state index in [1.54, 1.807) is 21.0 Å². The third-order valence-corrected chi connectivity index (χ3v) is 2.21. The van der Waals surface area contributed by atoms with Gasteiger partial charge in [-0.05, 0) is 32.9 Å². The van der Waals surface area contributed by atoms with Gasteiger partial charge in [0, 0.05) is 12.6 Å². The van der Waals surface area contributed by atoms with Crippen molar-refractivity contribution >= 4 is 0 Å². The van der Waals surface area contributed by atoms with Crippen molar-refractivity contribution < 1.29 is 9.84 Å². The Morgan fingerprint density at radius 3 is 2.81 bits per heavy atom. The molecule has 0 aromatic carbocycles. The Balaban J connectivity index is 2.32. The molecule has 0 unspecified atom stereocenters. The molecule has 0 amide bonds. The molecule has 0 aliphatic carbocycles. The summed E-state index contributed by atoms with van der Waals surface area (Å²) in [5.41, 5.74) is 0.324. The highest BCUT2D eigenvalue weighted by Gasteiger charge is 2.10. The fourth-order valence-corrected chi connectivity index (χ4v) is 1.28. The van der Waals surface area contributed by atoms with Crippen molar-refractivity contribution in [3.05, 3.63) is 23.9 Å². The molecule has 0 saturated carbocycles. The van der Waals surface area contributed by atoms with Crippen LogP contribution in [0.3, 0.4) is 0 Å². The molecule has 0 atom stereocenters. The van der Waals surface area contributed by atoms with E-state index in [1.807, 2.05) is 18.2 Å². The monoisotopic (exact) mass is 224 g/mol. The maximum atomic E-state index is 9.52. The number of aliphatic hydroxyl groups is 1. The lowest BCUT2D eigenvalue weighted by atomic mass is 10.1. The Bertz CT molecular complexity index is 321. The van der Waals surface area contributed by atoms with Gasteiger partial charge in [-0.15, -0.1) is 0 Å². The second kappa shape index (κ2) is 5.82. The van der Waals surface area contributed by atoms with E-state index < -0.39 is 5.60 Å². The highest BCUT2D eigenvalue weighted by atomic mass is 16.5. The molecule has 4 heteroatoms. The lowest BCUT2D eigenvalue weighted by Gasteiger charge is -2.16. The van der Waals surface area contributed by atoms with Crippen molar-refractivity contribution in [2.24, 2.45) is 0 Å². The van der Waals surface area contributed by atoms with Crippen LogP contribution in [0.2, 0.25) is 0 Å². The molecule has 0 saturated heterocycles. The fourth-order valence-electron chi connectivity index (χ4n) is 1.28. The van der Waals surface area contributed by atoms with E-state index in [0.29, 0.717) is 12.4 Å². The van der Waals surface area contributed by atoms with Gasteiger partial charge >= 0.3 is 0 Å². The van der Waals surface area contributed by atoms with Gasteiger partial charge in [-0.3, -0.25) is 0 Å². The van der Waals surface area contributed by atoms with Gasteiger partial charge in [-0.2, -0.15) is 0 Å². The summed E-state index contributed by atoms with van der Waals surface area (Å²) >= 11 is 0. The third-order valence-electron chi connectivity index (χ3n) is 2.21. The zero-order chi connectivity index (χ0) is 12.0. The van der Waals surface area contributed by atoms with Gasteiger partial charge in [0.25, 0.3) is 0 Å². The van der Waals surface area contributed by atoms with Gasteiger partial charge in [0.05, 0.1) is 18.4 Å². The molecule has 1 aromatic heterocycles. The first kappa shape index (κ1) is 12.9. The van der Waals surface area contributed by atoms with Crippen LogP contribution in [-0.2, 0) is 6.54 Å². The van der Waals surface area contributed by atoms with E-state index >= 15 is 0 Å². The number of hydrogen-bond donors (Lipinski definition) is 2. The molecule has 1 heterocycles. The third kappa shape index (κ3) is 5.09. The number of pyridine rings is 1. The zero-order valence-corrected chi connectivity index (χ0v) is 10.2. The lowest BCUT2D eigenvalue weighted by molar-refractivity contribution is 0.0711. The van der Waals surface area contributed by atoms with Crippen LogP contribution in [-0.4, -0.2) is 29.3 Å². The molecule has 0 radical (unpaired) electrons. The van der Waals surface area contributed by atoms with E-state index in [4.69, 9.17) is 4.74 Å². The fraction of sp³-hybridized carbons (Fsp3) is 0.583. The molecule has 1 aromatic rings. The van der Waals surface area contributed by atoms with Gasteiger partial charge in [-0.25, -0.2) is 4.98 Å². The quantitative estimate of drug-likeness (QED) is 0.716. The number of rotatable bonds is 6. The van der Waals surface area contributed by atoms with Crippen molar-refractivity contribution in [1.82, 2.24) is 10.3 Å². The largest absolute Gasteiger partial charge is 0.481 e. The van der Waals surface area contributed by atoms with Crippen LogP contribution in [0.15, 0.2) is 18.2 Å². The number of methoxy groups -OCH3 is 1. The Hall–Kier alpha value is -1.13. The minimum atomic E-state index is -0.616. The number of ether oxygens (including phenoxy) is 1. The summed E-state index contributed by atoms with van der Waals surface area (Å²) in [6, 6.07) is 5.68. The molecule has 16 heavy (non-hydrogen) atoms. The summed E-state index contributed by atoms with van der Waals surface area (Å²) in [5.74, 6) is 0.627. The average Bonchev–Trinajstić information content (AvgIpc) is 2.23. The van der Waals surface area contributed by atoms with E-state index in [2.05, 4.69) is 10.3 Å². The first-order valence-corrected chi connectivity index (χ1v) is 5.44. The van der Waals surface area contributed by atoms with Gasteiger partial charge in [0.1, 0.15) is 0 Å². The SMILES string of the molecule is COc1cccc(CNCCC(C)(C)O)n1. The smallest absolute Gasteiger partial charge is 0.213 e. The minimum absolute atomic E-state index is 0.616. The Morgan fingerprint density at radius 2 is 2.19 bits per heavy atom. The van der Waals surface area contributed by atoms with Crippen LogP contribution in [0, 0.1) is 0 Å². The van der Waals surface area contributed by atoms with E-state index in [0.717, 1.165) is 18.7 Å². The second-order valence-electron chi connectivity index (χ2n) is 4.41. The number of nitrogens with zero attached hydrogens (tertiary/aromatic N) is 1. The minimum Gasteiger partial charge on any atom is -0.481 e. The number of hydrogen-bond acceptors (Lipinski definition) is 4. The number of nitrogens with one attached hydrogen (secondary N) is 1. The molecule has 0 bridgehead atoms. The van der Waals surface area contributed by atoms with Crippen LogP contribution in [0.25, 0.3) is 0 Å². The molecule has 0 aliphatic rings. The van der Waals surface area contributed by atoms with Crippen LogP contribution in [0.1, 0.15) is 26.0 Å². The topological polar surface area (TPSA) is 54.4 Å². The maximum absolute atomic E-state index is 9.52. The van der Waals surface area contributed by atoms with Crippen molar-refractivity contribution in [2.75, 3.05) is 13.7 Å². The van der Waals surface area contributed by atoms with Crippen LogP contribution < -0.4 is 10.1 Å². The predicted octanol–water partition coefficient (Wildman–Crippen LogP) is 1.34. The molecule has 90 valence electrons. The van der Waals surface area contributed by atoms with Gasteiger partial charge in [-0.1, -0.05) is 6.07 Å². The molecule has 4 nitrogen and oxygen atoms in total. The summed E-state index contributed by atoms with van der Waals surface area (Å²) in [4.78, 5) is 4.28. The standard InChI is InChI=1S/C12H20N2O2/c1-12(2,15)7-8-13-9-10-5-4-6-11(14-10)16-3/h4-6,13,15H,7-9H2,1-3H3. The highest BCUT2D eigenvalue weighted by Crippen LogP contribution is 2.07. The molecule has 0 fully saturated rings. The van der Waals surface area contributed by atoms with Gasteiger partial charge in [0.15, 0.2) is 0 Å². The average molecular weight is 224 g/mol. The summed E-state index contributed by atoms with van der Waals surface area (Å²) < 4.78 is 5.04. The summed E-state index contributed by atoms with van der Waals surface area (Å²) in [5, 5.41) is 12.8. The lowest BCUT2D eigenvalue weighted by Crippen LogP contribution is -2.26. The molecular formula is C12H20N2O2. The van der Waals surface area contributed by atoms with E-state index in [1.165, 1.54) is 0 Å². The zero-order valence-electron chi connectivity index (χ0n) is 10.2. The Kier molecular flexibility index (Phi) is 4.71. The number of aromatic nitrogens is 1. The molecule has 0 spiro atoms. The van der Waals surface area contributed by atoms with E-state index in [9.17, 15) is 5.11 Å². The molecule has 2 N–H and O–H groups in total. The predicted molar refractivity (Wildman–Crippen MR) is 63.4 cm³/mol. The maximum Gasteiger partial charge on any atom is 0.213 e. The highest BCUT2D eigenvalue weighted by molar-refractivity contribution is 5.15. The van der Waals surface area contributed by atoms with Crippen LogP contribution >= 0.6 is 0 Å². The van der Waals surface area contributed by atoms with Crippen molar-refractivity contribution in [3.63, 3.8) is 0 Å². The first-order chi connectivity index (χ1) is 7.51. The van der Waals surface area contributed by atoms with Crippen LogP contribution in [0.5, 0.6) is 5.88 Å². The Morgan fingerprint density at radius 1 is 1.44 bits per heavy atom. The van der Waals surface area contributed by atoms with Crippen molar-refractivity contribution in [3.8, 4) is 5.88 Å². The summed E-state index contributed by atoms with van der Waals surface area (Å²) in [7, 11) is 1.60. The normalized spacial score (nSPS) is 11.5. The molecular weight excluding hydrogens is 204 g/mol. The summed E-state index contributed by atoms with van der Waals surface area (Å²) in [6.07, 6.45) is 0.719. The molecule has 0 aliphatic heterocycles. The summed E-state index contributed by atoms with van der Waals surface area (Å²) in [6.45, 7) is 5.06. The van der Waals surface area contributed by atoms with Gasteiger partial charge in [0.2, 0.25) is 5.88 Å². The van der Waals surface area contributed by atoms with Crippen molar-refractivity contribution in [2.45, 2.75) is 32.4 Å². The molecule has 1 rings (SSSR count). The van der Waals surface area contributed by atoms with Crippen LogP contribution in [0.4, 0.5) is 0 Å². The van der Waals surface area contributed by atoms with E-state index in [-0.39, 0.29) is 0 Å². The first-order valence-electron chi connectivity index (χ1n) is 5.44. The van der Waals surface area contributed by atoms with Gasteiger partial charge < -0.3 is 15.2 Å².